The molecular weight excluding hydrogens is 599 g/mol. The second-order valence-corrected chi connectivity index (χ2v) is 11.2. The number of ether oxygens (including phenoxy) is 2. The Balaban J connectivity index is 1.53. The molecule has 0 N–H and O–H groups in total. The van der Waals surface area contributed by atoms with Crippen LogP contribution in [0.2, 0.25) is 0 Å². The first-order valence-electron chi connectivity index (χ1n) is 15.7. The van der Waals surface area contributed by atoms with Crippen molar-refractivity contribution >= 4 is 28.5 Å². The first-order valence-corrected chi connectivity index (χ1v) is 15.7. The van der Waals surface area contributed by atoms with Crippen LogP contribution in [0.1, 0.15) is 61.4 Å². The zero-order chi connectivity index (χ0) is 32.5. The van der Waals surface area contributed by atoms with Gasteiger partial charge in [-0.05, 0) is 24.1 Å². The molecule has 2 aromatic heterocycles. The number of pyridine rings is 1. The number of rotatable bonds is 14. The van der Waals surface area contributed by atoms with E-state index in [4.69, 9.17) is 9.47 Å². The number of nitrogens with zero attached hydrogens (tertiary/aromatic N) is 5. The molecule has 0 saturated carbocycles. The number of fused-ring (bicyclic) bond motifs is 1. The second kappa shape index (κ2) is 15.6. The van der Waals surface area contributed by atoms with Crippen LogP contribution in [0.5, 0.6) is 5.75 Å². The Labute approximate surface area is 265 Å². The molecule has 0 aliphatic carbocycles. The SMILES string of the molecule is CCCCCCCCOC(=O)c1cn(Cc2ccccc2)c2c(OC(F)F)c(N3CCN(c4ncccn4)CC3)c(F)cc2c1=O. The lowest BCUT2D eigenvalue weighted by atomic mass is 10.1. The van der Waals surface area contributed by atoms with Crippen molar-refractivity contribution in [3.05, 3.63) is 88.2 Å². The second-order valence-electron chi connectivity index (χ2n) is 11.2. The van der Waals surface area contributed by atoms with Gasteiger partial charge in [-0.3, -0.25) is 4.79 Å². The average Bonchev–Trinajstić information content (AvgIpc) is 3.06. The van der Waals surface area contributed by atoms with Crippen molar-refractivity contribution in [2.75, 3.05) is 42.6 Å². The quantitative estimate of drug-likeness (QED) is 0.116. The molecule has 12 heteroatoms. The van der Waals surface area contributed by atoms with Crippen LogP contribution < -0.4 is 20.0 Å². The van der Waals surface area contributed by atoms with Gasteiger partial charge in [0.1, 0.15) is 11.3 Å². The summed E-state index contributed by atoms with van der Waals surface area (Å²) in [6.45, 7) is 0.371. The lowest BCUT2D eigenvalue weighted by Crippen LogP contribution is -2.47. The van der Waals surface area contributed by atoms with Gasteiger partial charge in [-0.2, -0.15) is 8.78 Å². The van der Waals surface area contributed by atoms with E-state index >= 15 is 4.39 Å². The molecule has 1 saturated heterocycles. The third-order valence-corrected chi connectivity index (χ3v) is 8.03. The third-order valence-electron chi connectivity index (χ3n) is 8.03. The maximum atomic E-state index is 16.0. The van der Waals surface area contributed by atoms with E-state index in [1.165, 1.54) is 10.8 Å². The first-order chi connectivity index (χ1) is 22.4. The van der Waals surface area contributed by atoms with E-state index in [1.807, 2.05) is 35.2 Å². The van der Waals surface area contributed by atoms with Crippen LogP contribution in [0.15, 0.2) is 65.8 Å². The fraction of sp³-hybridized carbons (Fsp3) is 0.412. The predicted molar refractivity (Wildman–Crippen MR) is 170 cm³/mol. The fourth-order valence-electron chi connectivity index (χ4n) is 5.74. The molecule has 1 aliphatic heterocycles. The van der Waals surface area contributed by atoms with Crippen LogP contribution in [0, 0.1) is 5.82 Å². The molecule has 0 unspecified atom stereocenters. The number of aromatic nitrogens is 3. The summed E-state index contributed by atoms with van der Waals surface area (Å²) in [5.41, 5.74) is -0.569. The van der Waals surface area contributed by atoms with E-state index in [0.29, 0.717) is 25.5 Å². The monoisotopic (exact) mass is 637 g/mol. The highest BCUT2D eigenvalue weighted by Crippen LogP contribution is 2.40. The molecular formula is C34H38F3N5O4. The highest BCUT2D eigenvalue weighted by Gasteiger charge is 2.30. The van der Waals surface area contributed by atoms with Crippen LogP contribution in [-0.2, 0) is 11.3 Å². The average molecular weight is 638 g/mol. The summed E-state index contributed by atoms with van der Waals surface area (Å²) >= 11 is 0. The highest BCUT2D eigenvalue weighted by atomic mass is 19.3. The maximum Gasteiger partial charge on any atom is 0.387 e. The Morgan fingerprint density at radius 3 is 2.30 bits per heavy atom. The molecule has 244 valence electrons. The highest BCUT2D eigenvalue weighted by molar-refractivity contribution is 5.97. The van der Waals surface area contributed by atoms with Crippen LogP contribution in [0.4, 0.5) is 24.8 Å². The van der Waals surface area contributed by atoms with Gasteiger partial charge in [0.25, 0.3) is 0 Å². The molecule has 4 aromatic rings. The minimum atomic E-state index is -3.30. The summed E-state index contributed by atoms with van der Waals surface area (Å²) in [7, 11) is 0. The number of hydrogen-bond donors (Lipinski definition) is 0. The summed E-state index contributed by atoms with van der Waals surface area (Å²) in [4.78, 5) is 38.9. The molecule has 2 aromatic carbocycles. The van der Waals surface area contributed by atoms with Crippen molar-refractivity contribution in [1.82, 2.24) is 14.5 Å². The number of anilines is 2. The van der Waals surface area contributed by atoms with Crippen LogP contribution in [0.3, 0.4) is 0 Å². The minimum absolute atomic E-state index is 0.0353. The van der Waals surface area contributed by atoms with E-state index in [0.717, 1.165) is 43.7 Å². The molecule has 9 nitrogen and oxygen atoms in total. The molecule has 0 radical (unpaired) electrons. The number of alkyl halides is 2. The van der Waals surface area contributed by atoms with E-state index < -0.39 is 29.6 Å². The van der Waals surface area contributed by atoms with Crippen molar-refractivity contribution in [2.45, 2.75) is 58.6 Å². The van der Waals surface area contributed by atoms with Gasteiger partial charge in [0.15, 0.2) is 11.6 Å². The summed E-state index contributed by atoms with van der Waals surface area (Å²) in [6, 6.07) is 11.8. The Morgan fingerprint density at radius 1 is 0.935 bits per heavy atom. The standard InChI is InChI=1S/C34H38F3N5O4/c1-2-3-4-5-6-10-20-45-32(44)26-23-42(22-24-12-8-7-9-13-24)28-25(30(26)43)21-27(35)29(31(28)46-33(36)37)40-16-18-41(19-17-40)34-38-14-11-15-39-34/h7-9,11-15,21,23,33H,2-6,10,16-20,22H2,1H3. The molecule has 1 fully saturated rings. The van der Waals surface area contributed by atoms with Gasteiger partial charge in [0.05, 0.1) is 17.5 Å². The summed E-state index contributed by atoms with van der Waals surface area (Å²) < 4.78 is 56.0. The zero-order valence-corrected chi connectivity index (χ0v) is 25.8. The largest absolute Gasteiger partial charge is 0.462 e. The maximum absolute atomic E-state index is 16.0. The van der Waals surface area contributed by atoms with Gasteiger partial charge in [0, 0.05) is 51.3 Å². The lowest BCUT2D eigenvalue weighted by Gasteiger charge is -2.37. The fourth-order valence-corrected chi connectivity index (χ4v) is 5.74. The Kier molecular flexibility index (Phi) is 11.1. The van der Waals surface area contributed by atoms with Gasteiger partial charge in [-0.25, -0.2) is 19.2 Å². The van der Waals surface area contributed by atoms with Gasteiger partial charge >= 0.3 is 12.6 Å². The number of unbranched alkanes of at least 4 members (excludes halogenated alkanes) is 5. The number of piperazine rings is 1. The van der Waals surface area contributed by atoms with Crippen LogP contribution in [0.25, 0.3) is 10.9 Å². The Bertz CT molecular complexity index is 1660. The number of benzene rings is 2. The number of carbonyl (C=O) groups excluding carboxylic acids is 1. The van der Waals surface area contributed by atoms with Gasteiger partial charge < -0.3 is 23.8 Å². The topological polar surface area (TPSA) is 89.8 Å². The smallest absolute Gasteiger partial charge is 0.387 e. The van der Waals surface area contributed by atoms with E-state index in [-0.39, 0.29) is 48.4 Å². The molecule has 0 bridgehead atoms. The number of halogens is 3. The van der Waals surface area contributed by atoms with E-state index in [9.17, 15) is 18.4 Å². The molecule has 1 aliphatic rings. The summed E-state index contributed by atoms with van der Waals surface area (Å²) in [5, 5.41) is -0.252. The van der Waals surface area contributed by atoms with Crippen molar-refractivity contribution < 1.29 is 27.4 Å². The zero-order valence-electron chi connectivity index (χ0n) is 25.8. The van der Waals surface area contributed by atoms with Crippen LogP contribution >= 0.6 is 0 Å². The Hall–Kier alpha value is -4.61. The molecule has 0 atom stereocenters. The summed E-state index contributed by atoms with van der Waals surface area (Å²) in [5.74, 6) is -1.71. The first kappa shape index (κ1) is 32.8. The van der Waals surface area contributed by atoms with Gasteiger partial charge in [0.2, 0.25) is 11.4 Å². The van der Waals surface area contributed by atoms with E-state index in [1.54, 1.807) is 23.4 Å². The molecule has 5 rings (SSSR count). The van der Waals surface area contributed by atoms with Crippen molar-refractivity contribution in [2.24, 2.45) is 0 Å². The minimum Gasteiger partial charge on any atom is -0.462 e. The molecule has 3 heterocycles. The van der Waals surface area contributed by atoms with Crippen molar-refractivity contribution in [3.8, 4) is 5.75 Å². The number of carbonyl (C=O) groups is 1. The van der Waals surface area contributed by atoms with Gasteiger partial charge in [-0.15, -0.1) is 0 Å². The molecule has 0 spiro atoms. The molecule has 0 amide bonds. The molecule has 46 heavy (non-hydrogen) atoms. The normalized spacial score (nSPS) is 13.4. The number of esters is 1. The summed E-state index contributed by atoms with van der Waals surface area (Å²) in [6.07, 6.45) is 10.5. The lowest BCUT2D eigenvalue weighted by molar-refractivity contribution is -0.0488. The van der Waals surface area contributed by atoms with E-state index in [2.05, 4.69) is 16.9 Å². The van der Waals surface area contributed by atoms with Crippen LogP contribution in [-0.4, -0.2) is 59.9 Å². The van der Waals surface area contributed by atoms with Crippen molar-refractivity contribution in [1.29, 1.82) is 0 Å². The van der Waals surface area contributed by atoms with Crippen molar-refractivity contribution in [3.63, 3.8) is 0 Å². The number of hydrogen-bond acceptors (Lipinski definition) is 8. The Morgan fingerprint density at radius 2 is 1.61 bits per heavy atom. The predicted octanol–water partition coefficient (Wildman–Crippen LogP) is 6.42. The van der Waals surface area contributed by atoms with Gasteiger partial charge in [-0.1, -0.05) is 69.4 Å². The third kappa shape index (κ3) is 7.78.